The molecule has 2 amide bonds. The van der Waals surface area contributed by atoms with E-state index in [9.17, 15) is 19.7 Å². The molecule has 0 fully saturated rings. The minimum Gasteiger partial charge on any atom is -0.321 e. The third kappa shape index (κ3) is 4.58. The van der Waals surface area contributed by atoms with Crippen LogP contribution >= 0.6 is 11.6 Å². The fourth-order valence-electron chi connectivity index (χ4n) is 2.54. The highest BCUT2D eigenvalue weighted by molar-refractivity contribution is 6.32. The molecule has 0 spiro atoms. The average Bonchev–Trinajstić information content (AvgIpc) is 3.12. The summed E-state index contributed by atoms with van der Waals surface area (Å²) < 4.78 is 1.50. The Morgan fingerprint density at radius 3 is 2.52 bits per heavy atom. The fourth-order valence-corrected chi connectivity index (χ4v) is 2.73. The lowest BCUT2D eigenvalue weighted by Gasteiger charge is -2.07. The van der Waals surface area contributed by atoms with Crippen molar-refractivity contribution in [1.82, 2.24) is 9.78 Å². The number of carbonyl (C=O) groups excluding carboxylic acids is 2. The van der Waals surface area contributed by atoms with E-state index < -0.39 is 16.7 Å². The van der Waals surface area contributed by atoms with Gasteiger partial charge in [0.1, 0.15) is 5.02 Å². The van der Waals surface area contributed by atoms with Gasteiger partial charge >= 0.3 is 0 Å². The summed E-state index contributed by atoms with van der Waals surface area (Å²) >= 11 is 5.78. The van der Waals surface area contributed by atoms with E-state index in [2.05, 4.69) is 15.7 Å². The molecule has 9 nitrogen and oxygen atoms in total. The number of halogens is 1. The van der Waals surface area contributed by atoms with Crippen LogP contribution in [0.25, 0.3) is 0 Å². The van der Waals surface area contributed by atoms with Crippen LogP contribution in [0.1, 0.15) is 27.8 Å². The number of rotatable bonds is 6. The molecule has 3 rings (SSSR count). The summed E-state index contributed by atoms with van der Waals surface area (Å²) in [5, 5.41) is 20.4. The normalized spacial score (nSPS) is 10.4. The Hall–Kier alpha value is -3.72. The zero-order valence-electron chi connectivity index (χ0n) is 15.3. The minimum atomic E-state index is -0.674. The van der Waals surface area contributed by atoms with Gasteiger partial charge in [0.25, 0.3) is 17.5 Å². The van der Waals surface area contributed by atoms with Crippen LogP contribution in [0.15, 0.2) is 54.7 Å². The molecular weight excluding hydrogens is 398 g/mol. The number of benzene rings is 2. The van der Waals surface area contributed by atoms with E-state index in [1.807, 2.05) is 13.0 Å². The van der Waals surface area contributed by atoms with Crippen LogP contribution in [0.3, 0.4) is 0 Å². The second-order valence-electron chi connectivity index (χ2n) is 5.94. The highest BCUT2D eigenvalue weighted by atomic mass is 35.5. The Balaban J connectivity index is 1.86. The molecule has 29 heavy (non-hydrogen) atoms. The van der Waals surface area contributed by atoms with Crippen molar-refractivity contribution in [3.8, 4) is 0 Å². The number of nitro benzene ring substituents is 1. The van der Waals surface area contributed by atoms with Crippen molar-refractivity contribution >= 4 is 40.5 Å². The number of hydrogen-bond acceptors (Lipinski definition) is 5. The molecule has 3 aromatic rings. The molecule has 0 radical (unpaired) electrons. The lowest BCUT2D eigenvalue weighted by Crippen LogP contribution is -2.18. The third-order valence-corrected chi connectivity index (χ3v) is 4.31. The van der Waals surface area contributed by atoms with Gasteiger partial charge in [-0.05, 0) is 31.2 Å². The Labute approximate surface area is 170 Å². The molecule has 1 aromatic heterocycles. The standard InChI is InChI=1S/C19H16ClN5O4/c1-2-24-11-15(17(23-24)19(27)21-13-6-4-3-5-7-13)22-18(26)12-8-9-14(20)16(10-12)25(28)29/h3-11H,2H2,1H3,(H,21,27)(H,22,26). The maximum Gasteiger partial charge on any atom is 0.288 e. The molecule has 0 bridgehead atoms. The van der Waals surface area contributed by atoms with E-state index in [1.165, 1.54) is 23.0 Å². The molecule has 0 atom stereocenters. The van der Waals surface area contributed by atoms with Gasteiger partial charge in [0.2, 0.25) is 0 Å². The summed E-state index contributed by atoms with van der Waals surface area (Å²) in [4.78, 5) is 35.6. The van der Waals surface area contributed by atoms with Gasteiger partial charge in [0.15, 0.2) is 5.69 Å². The van der Waals surface area contributed by atoms with E-state index in [1.54, 1.807) is 24.3 Å². The zero-order valence-corrected chi connectivity index (χ0v) is 16.0. The van der Waals surface area contributed by atoms with E-state index in [0.717, 1.165) is 6.07 Å². The summed E-state index contributed by atoms with van der Waals surface area (Å²) in [5.41, 5.74) is 0.426. The molecule has 2 aromatic carbocycles. The van der Waals surface area contributed by atoms with E-state index >= 15 is 0 Å². The van der Waals surface area contributed by atoms with Crippen molar-refractivity contribution in [3.05, 3.63) is 81.1 Å². The van der Waals surface area contributed by atoms with Crippen molar-refractivity contribution in [2.45, 2.75) is 13.5 Å². The van der Waals surface area contributed by atoms with Gasteiger partial charge in [-0.3, -0.25) is 24.4 Å². The monoisotopic (exact) mass is 413 g/mol. The summed E-state index contributed by atoms with van der Waals surface area (Å²) in [5.74, 6) is -1.13. The quantitative estimate of drug-likeness (QED) is 0.468. The topological polar surface area (TPSA) is 119 Å². The number of para-hydroxylation sites is 1. The summed E-state index contributed by atoms with van der Waals surface area (Å²) in [6.07, 6.45) is 1.52. The second-order valence-corrected chi connectivity index (χ2v) is 6.35. The number of nitro groups is 1. The van der Waals surface area contributed by atoms with Crippen molar-refractivity contribution in [3.63, 3.8) is 0 Å². The number of hydrogen-bond donors (Lipinski definition) is 2. The predicted molar refractivity (Wildman–Crippen MR) is 108 cm³/mol. The number of nitrogens with one attached hydrogen (secondary N) is 2. The van der Waals surface area contributed by atoms with Gasteiger partial charge in [-0.15, -0.1) is 0 Å². The Morgan fingerprint density at radius 2 is 1.86 bits per heavy atom. The molecule has 0 aliphatic rings. The molecule has 0 unspecified atom stereocenters. The lowest BCUT2D eigenvalue weighted by atomic mass is 10.2. The molecule has 10 heteroatoms. The van der Waals surface area contributed by atoms with Crippen molar-refractivity contribution in [2.75, 3.05) is 10.6 Å². The molecule has 0 saturated carbocycles. The maximum atomic E-state index is 12.6. The highest BCUT2D eigenvalue weighted by Gasteiger charge is 2.21. The van der Waals surface area contributed by atoms with Crippen molar-refractivity contribution in [1.29, 1.82) is 0 Å². The molecule has 1 heterocycles. The first-order valence-corrected chi connectivity index (χ1v) is 8.96. The summed E-state index contributed by atoms with van der Waals surface area (Å²) in [6.45, 7) is 2.31. The number of amides is 2. The molecule has 0 aliphatic carbocycles. The first kappa shape index (κ1) is 20.0. The smallest absolute Gasteiger partial charge is 0.288 e. The fraction of sp³-hybridized carbons (Fsp3) is 0.105. The predicted octanol–water partition coefficient (Wildman–Crippen LogP) is 3.97. The van der Waals surface area contributed by atoms with Crippen LogP contribution in [0.2, 0.25) is 5.02 Å². The van der Waals surface area contributed by atoms with E-state index in [4.69, 9.17) is 11.6 Å². The van der Waals surface area contributed by atoms with Gasteiger partial charge < -0.3 is 10.6 Å². The summed E-state index contributed by atoms with van der Waals surface area (Å²) in [6, 6.07) is 12.5. The Kier molecular flexibility index (Phi) is 5.89. The number of anilines is 2. The van der Waals surface area contributed by atoms with E-state index in [-0.39, 0.29) is 27.7 Å². The largest absolute Gasteiger partial charge is 0.321 e. The van der Waals surface area contributed by atoms with Gasteiger partial charge in [-0.25, -0.2) is 0 Å². The van der Waals surface area contributed by atoms with Crippen LogP contribution < -0.4 is 10.6 Å². The first-order chi connectivity index (χ1) is 13.9. The van der Waals surface area contributed by atoms with Crippen LogP contribution in [0.4, 0.5) is 17.1 Å². The minimum absolute atomic E-state index is 0.0208. The van der Waals surface area contributed by atoms with Crippen LogP contribution in [0.5, 0.6) is 0 Å². The number of aryl methyl sites for hydroxylation is 1. The summed E-state index contributed by atoms with van der Waals surface area (Å²) in [7, 11) is 0. The van der Waals surface area contributed by atoms with Gasteiger partial charge in [0.05, 0.1) is 10.6 Å². The SMILES string of the molecule is CCn1cc(NC(=O)c2ccc(Cl)c([N+](=O)[O-])c2)c(C(=O)Nc2ccccc2)n1. The van der Waals surface area contributed by atoms with Gasteiger partial charge in [0, 0.05) is 30.1 Å². The molecule has 0 saturated heterocycles. The highest BCUT2D eigenvalue weighted by Crippen LogP contribution is 2.26. The maximum absolute atomic E-state index is 12.6. The Morgan fingerprint density at radius 1 is 1.14 bits per heavy atom. The van der Waals surface area contributed by atoms with Crippen LogP contribution in [-0.2, 0) is 6.54 Å². The Bertz CT molecular complexity index is 1080. The van der Waals surface area contributed by atoms with E-state index in [0.29, 0.717) is 12.2 Å². The number of nitrogens with zero attached hydrogens (tertiary/aromatic N) is 3. The first-order valence-electron chi connectivity index (χ1n) is 8.58. The molecular formula is C19H16ClN5O4. The lowest BCUT2D eigenvalue weighted by molar-refractivity contribution is -0.384. The number of aromatic nitrogens is 2. The third-order valence-electron chi connectivity index (χ3n) is 3.99. The zero-order chi connectivity index (χ0) is 21.0. The average molecular weight is 414 g/mol. The molecule has 148 valence electrons. The number of carbonyl (C=O) groups is 2. The van der Waals surface area contributed by atoms with Crippen LogP contribution in [-0.4, -0.2) is 26.5 Å². The van der Waals surface area contributed by atoms with Crippen molar-refractivity contribution in [2.24, 2.45) is 0 Å². The van der Waals surface area contributed by atoms with Crippen molar-refractivity contribution < 1.29 is 14.5 Å². The van der Waals surface area contributed by atoms with Gasteiger partial charge in [-0.2, -0.15) is 5.10 Å². The molecule has 0 aliphatic heterocycles. The van der Waals surface area contributed by atoms with Gasteiger partial charge in [-0.1, -0.05) is 29.8 Å². The second kappa shape index (κ2) is 8.53. The van der Waals surface area contributed by atoms with Crippen LogP contribution in [0, 0.1) is 10.1 Å². The molecule has 2 N–H and O–H groups in total.